The molecule has 1 aliphatic carbocycles. The van der Waals surface area contributed by atoms with Crippen molar-refractivity contribution in [3.8, 4) is 22.8 Å². The minimum atomic E-state index is -0.295. The number of hydrogen-bond donors (Lipinski definition) is 3. The van der Waals surface area contributed by atoms with Crippen molar-refractivity contribution in [2.45, 2.75) is 32.6 Å². The molecule has 0 aliphatic heterocycles. The van der Waals surface area contributed by atoms with Gasteiger partial charge in [-0.05, 0) is 55.5 Å². The minimum Gasteiger partial charge on any atom is -0.495 e. The molecule has 8 nitrogen and oxygen atoms in total. The van der Waals surface area contributed by atoms with E-state index in [1.165, 1.54) is 31.8 Å². The Morgan fingerprint density at radius 1 is 1.10 bits per heavy atom. The summed E-state index contributed by atoms with van der Waals surface area (Å²) in [7, 11) is 3.09. The highest BCUT2D eigenvalue weighted by atomic mass is 35.5. The highest BCUT2D eigenvalue weighted by Gasteiger charge is 2.22. The molecule has 0 spiro atoms. The maximum atomic E-state index is 12.1. The van der Waals surface area contributed by atoms with Crippen molar-refractivity contribution in [3.05, 3.63) is 70.9 Å². The number of rotatable bonds is 10. The smallest absolute Gasteiger partial charge is 0.247 e. The van der Waals surface area contributed by atoms with Crippen molar-refractivity contribution in [3.63, 3.8) is 0 Å². The summed E-state index contributed by atoms with van der Waals surface area (Å²) in [6.45, 7) is 6.32. The predicted molar refractivity (Wildman–Crippen MR) is 172 cm³/mol. The second kappa shape index (κ2) is 12.9. The van der Waals surface area contributed by atoms with Crippen molar-refractivity contribution in [1.82, 2.24) is 9.97 Å². The number of amides is 1. The van der Waals surface area contributed by atoms with E-state index in [1.807, 2.05) is 37.3 Å². The quantitative estimate of drug-likeness (QED) is 0.156. The molecule has 4 aromatic rings. The Labute approximate surface area is 255 Å². The molecule has 3 N–H and O–H groups in total. The molecule has 42 heavy (non-hydrogen) atoms. The highest BCUT2D eigenvalue weighted by Crippen LogP contribution is 2.46. The SMILES string of the molecule is C=CC(=O)Nc1cccc(C)c1Nc1cc2c(NCC3CCCC3)nc(-c3c(Cl)c(OC)cc(OC)c3Cl)cc2cn1. The number of pyridine rings is 2. The fourth-order valence-corrected chi connectivity index (χ4v) is 5.99. The van der Waals surface area contributed by atoms with Crippen LogP contribution in [0.1, 0.15) is 31.2 Å². The lowest BCUT2D eigenvalue weighted by molar-refractivity contribution is -0.111. The van der Waals surface area contributed by atoms with Crippen LogP contribution >= 0.6 is 23.2 Å². The topological polar surface area (TPSA) is 97.4 Å². The number of methoxy groups -OCH3 is 2. The number of aryl methyl sites for hydroxylation is 1. The molecule has 0 saturated heterocycles. The number of fused-ring (bicyclic) bond motifs is 1. The zero-order valence-electron chi connectivity index (χ0n) is 23.8. The summed E-state index contributed by atoms with van der Waals surface area (Å²) >= 11 is 13.5. The molecule has 10 heteroatoms. The molecule has 0 radical (unpaired) electrons. The van der Waals surface area contributed by atoms with E-state index in [2.05, 4.69) is 22.5 Å². The van der Waals surface area contributed by atoms with E-state index in [9.17, 15) is 4.79 Å². The minimum absolute atomic E-state index is 0.295. The second-order valence-corrected chi connectivity index (χ2v) is 11.0. The van der Waals surface area contributed by atoms with Gasteiger partial charge in [-0.25, -0.2) is 9.97 Å². The first-order valence-electron chi connectivity index (χ1n) is 13.8. The third-order valence-electron chi connectivity index (χ3n) is 7.55. The van der Waals surface area contributed by atoms with Crippen LogP contribution < -0.4 is 25.4 Å². The van der Waals surface area contributed by atoms with Gasteiger partial charge in [0.15, 0.2) is 0 Å². The number of carbonyl (C=O) groups excluding carboxylic acids is 1. The number of carbonyl (C=O) groups is 1. The summed E-state index contributed by atoms with van der Waals surface area (Å²) < 4.78 is 11.0. The summed E-state index contributed by atoms with van der Waals surface area (Å²) in [5, 5.41) is 12.3. The first-order chi connectivity index (χ1) is 20.3. The van der Waals surface area contributed by atoms with Crippen LogP contribution in [0.4, 0.5) is 23.0 Å². The molecule has 2 aromatic carbocycles. The second-order valence-electron chi connectivity index (χ2n) is 10.3. The third-order valence-corrected chi connectivity index (χ3v) is 8.30. The molecule has 0 bridgehead atoms. The molecular weight excluding hydrogens is 573 g/mol. The highest BCUT2D eigenvalue weighted by molar-refractivity contribution is 6.41. The molecule has 1 aliphatic rings. The number of benzene rings is 2. The zero-order valence-corrected chi connectivity index (χ0v) is 25.3. The number of ether oxygens (including phenoxy) is 2. The monoisotopic (exact) mass is 605 g/mol. The van der Waals surface area contributed by atoms with Crippen LogP contribution in [0.3, 0.4) is 0 Å². The van der Waals surface area contributed by atoms with Crippen molar-refractivity contribution in [2.24, 2.45) is 5.92 Å². The van der Waals surface area contributed by atoms with Crippen molar-refractivity contribution in [1.29, 1.82) is 0 Å². The molecule has 0 atom stereocenters. The Kier molecular flexibility index (Phi) is 9.04. The number of halogens is 2. The molecular formula is C32H33Cl2N5O3. The fraction of sp³-hybridized carbons (Fsp3) is 0.281. The van der Waals surface area contributed by atoms with Crippen molar-refractivity contribution < 1.29 is 14.3 Å². The largest absolute Gasteiger partial charge is 0.495 e. The lowest BCUT2D eigenvalue weighted by Gasteiger charge is -2.18. The van der Waals surface area contributed by atoms with Crippen LogP contribution in [0, 0.1) is 12.8 Å². The van der Waals surface area contributed by atoms with Gasteiger partial charge in [0.1, 0.15) is 23.1 Å². The molecule has 5 rings (SSSR count). The first-order valence-corrected chi connectivity index (χ1v) is 14.5. The van der Waals surface area contributed by atoms with E-state index in [0.29, 0.717) is 56.0 Å². The molecule has 0 unspecified atom stereocenters. The summed E-state index contributed by atoms with van der Waals surface area (Å²) in [5.41, 5.74) is 3.41. The van der Waals surface area contributed by atoms with Gasteiger partial charge in [-0.1, -0.05) is 54.8 Å². The van der Waals surface area contributed by atoms with E-state index in [-0.39, 0.29) is 5.91 Å². The average Bonchev–Trinajstić information content (AvgIpc) is 3.52. The molecule has 1 fully saturated rings. The van der Waals surface area contributed by atoms with Crippen LogP contribution in [0.25, 0.3) is 22.0 Å². The molecule has 2 heterocycles. The average molecular weight is 607 g/mol. The van der Waals surface area contributed by atoms with E-state index in [0.717, 1.165) is 28.6 Å². The van der Waals surface area contributed by atoms with Gasteiger partial charge in [-0.3, -0.25) is 4.79 Å². The number of anilines is 4. The van der Waals surface area contributed by atoms with Crippen molar-refractivity contribution in [2.75, 3.05) is 36.7 Å². The Morgan fingerprint density at radius 3 is 2.48 bits per heavy atom. The van der Waals surface area contributed by atoms with Gasteiger partial charge in [0, 0.05) is 35.1 Å². The van der Waals surface area contributed by atoms with E-state index in [1.54, 1.807) is 26.5 Å². The van der Waals surface area contributed by atoms with Crippen LogP contribution in [0.2, 0.25) is 10.0 Å². The molecule has 2 aromatic heterocycles. The predicted octanol–water partition coefficient (Wildman–Crippen LogP) is 8.40. The van der Waals surface area contributed by atoms with E-state index >= 15 is 0 Å². The van der Waals surface area contributed by atoms with Crippen LogP contribution in [0.5, 0.6) is 11.5 Å². The number of hydrogen-bond acceptors (Lipinski definition) is 7. The summed E-state index contributed by atoms with van der Waals surface area (Å²) in [6.07, 6.45) is 7.89. The molecule has 1 amide bonds. The molecule has 218 valence electrons. The lowest BCUT2D eigenvalue weighted by Crippen LogP contribution is -2.13. The van der Waals surface area contributed by atoms with Gasteiger partial charge in [-0.15, -0.1) is 0 Å². The molecule has 1 saturated carbocycles. The number of para-hydroxylation sites is 1. The van der Waals surface area contributed by atoms with E-state index < -0.39 is 0 Å². The normalized spacial score (nSPS) is 13.2. The first kappa shape index (κ1) is 29.5. The van der Waals surface area contributed by atoms with Gasteiger partial charge in [0.05, 0.1) is 41.3 Å². The van der Waals surface area contributed by atoms with Gasteiger partial charge >= 0.3 is 0 Å². The zero-order chi connectivity index (χ0) is 29.8. The van der Waals surface area contributed by atoms with Crippen LogP contribution in [0.15, 0.2) is 55.3 Å². The van der Waals surface area contributed by atoms with Crippen molar-refractivity contribution >= 4 is 62.9 Å². The van der Waals surface area contributed by atoms with Gasteiger partial charge in [-0.2, -0.15) is 0 Å². The van der Waals surface area contributed by atoms with E-state index in [4.69, 9.17) is 42.6 Å². The third kappa shape index (κ3) is 6.10. The summed E-state index contributed by atoms with van der Waals surface area (Å²) in [5.74, 6) is 2.45. The Morgan fingerprint density at radius 2 is 1.81 bits per heavy atom. The lowest BCUT2D eigenvalue weighted by atomic mass is 10.1. The summed E-state index contributed by atoms with van der Waals surface area (Å²) in [6, 6.07) is 11.2. The maximum absolute atomic E-state index is 12.1. The Balaban J connectivity index is 1.61. The fourth-order valence-electron chi connectivity index (χ4n) is 5.29. The summed E-state index contributed by atoms with van der Waals surface area (Å²) in [4.78, 5) is 21.8. The van der Waals surface area contributed by atoms with Gasteiger partial charge < -0.3 is 25.4 Å². The maximum Gasteiger partial charge on any atom is 0.247 e. The van der Waals surface area contributed by atoms with Crippen LogP contribution in [-0.4, -0.2) is 36.6 Å². The van der Waals surface area contributed by atoms with Gasteiger partial charge in [0.25, 0.3) is 0 Å². The Hall–Kier alpha value is -4.01. The van der Waals surface area contributed by atoms with Crippen LogP contribution in [-0.2, 0) is 4.79 Å². The standard InChI is InChI=1S/C32H33Cl2N5O3/c1-5-27(40)37-22-12-8-9-18(2)31(22)39-26-14-21-20(17-35-26)13-23(38-32(21)36-16-19-10-6-7-11-19)28-29(33)24(41-3)15-25(42-4)30(28)34/h5,8-9,12-15,17,19H,1,6-7,10-11,16H2,2-4H3,(H,35,39)(H,36,38)(H,37,40). The Bertz CT molecular complexity index is 1630. The van der Waals surface area contributed by atoms with Gasteiger partial charge in [0.2, 0.25) is 5.91 Å². The number of aromatic nitrogens is 2. The number of nitrogens with zero attached hydrogens (tertiary/aromatic N) is 2. The number of nitrogens with one attached hydrogen (secondary N) is 3.